The Labute approximate surface area is 109 Å². The summed E-state index contributed by atoms with van der Waals surface area (Å²) < 4.78 is 0. The minimum absolute atomic E-state index is 0.587. The molecule has 0 aliphatic carbocycles. The molecular weight excluding hydrogens is 232 g/mol. The van der Waals surface area contributed by atoms with Crippen LogP contribution in [0.1, 0.15) is 26.7 Å². The number of halogens is 1. The second-order valence-corrected chi connectivity index (χ2v) is 5.50. The lowest BCUT2D eigenvalue weighted by molar-refractivity contribution is 0.177. The van der Waals surface area contributed by atoms with E-state index in [0.29, 0.717) is 12.1 Å². The van der Waals surface area contributed by atoms with Crippen LogP contribution in [0.3, 0.4) is 0 Å². The second kappa shape index (κ2) is 5.74. The number of nitrogens with zero attached hydrogens (tertiary/aromatic N) is 1. The molecule has 0 amide bonds. The van der Waals surface area contributed by atoms with Crippen LogP contribution in [0, 0.1) is 0 Å². The standard InChI is InChI=1S/C14H21ClN2/c1-11(2)17-8-6-13(7-9-17)16-14-5-3-4-12(15)10-14/h3-5,10-11,13,16H,6-9H2,1-2H3. The number of likely N-dealkylation sites (tertiary alicyclic amines) is 1. The highest BCUT2D eigenvalue weighted by molar-refractivity contribution is 6.30. The largest absolute Gasteiger partial charge is 0.382 e. The third-order valence-electron chi connectivity index (χ3n) is 3.46. The van der Waals surface area contributed by atoms with Crippen LogP contribution in [0.25, 0.3) is 0 Å². The van der Waals surface area contributed by atoms with Gasteiger partial charge >= 0.3 is 0 Å². The summed E-state index contributed by atoms with van der Waals surface area (Å²) in [5, 5.41) is 4.37. The van der Waals surface area contributed by atoms with Crippen LogP contribution in [0.4, 0.5) is 5.69 Å². The van der Waals surface area contributed by atoms with E-state index in [1.807, 2.05) is 18.2 Å². The fourth-order valence-electron chi connectivity index (χ4n) is 2.37. The Hall–Kier alpha value is -0.730. The zero-order valence-electron chi connectivity index (χ0n) is 10.6. The first-order valence-electron chi connectivity index (χ1n) is 6.41. The number of anilines is 1. The van der Waals surface area contributed by atoms with Crippen molar-refractivity contribution in [3.63, 3.8) is 0 Å². The van der Waals surface area contributed by atoms with Crippen LogP contribution in [0.5, 0.6) is 0 Å². The molecule has 0 unspecified atom stereocenters. The molecule has 2 nitrogen and oxygen atoms in total. The molecule has 1 fully saturated rings. The van der Waals surface area contributed by atoms with Gasteiger partial charge in [-0.1, -0.05) is 17.7 Å². The Morgan fingerprint density at radius 3 is 2.59 bits per heavy atom. The zero-order chi connectivity index (χ0) is 12.3. The highest BCUT2D eigenvalue weighted by Crippen LogP contribution is 2.20. The number of hydrogen-bond donors (Lipinski definition) is 1. The van der Waals surface area contributed by atoms with Crippen LogP contribution < -0.4 is 5.32 Å². The van der Waals surface area contributed by atoms with Crippen molar-refractivity contribution in [2.75, 3.05) is 18.4 Å². The zero-order valence-corrected chi connectivity index (χ0v) is 11.4. The summed E-state index contributed by atoms with van der Waals surface area (Å²) in [5.74, 6) is 0. The summed E-state index contributed by atoms with van der Waals surface area (Å²) in [6.07, 6.45) is 2.43. The van der Waals surface area contributed by atoms with E-state index in [1.165, 1.54) is 25.9 Å². The van der Waals surface area contributed by atoms with E-state index in [4.69, 9.17) is 11.6 Å². The molecular formula is C14H21ClN2. The van der Waals surface area contributed by atoms with Gasteiger partial charge in [-0.05, 0) is 44.9 Å². The monoisotopic (exact) mass is 252 g/mol. The van der Waals surface area contributed by atoms with Gasteiger partial charge in [0.25, 0.3) is 0 Å². The number of piperidine rings is 1. The van der Waals surface area contributed by atoms with Gasteiger partial charge in [-0.25, -0.2) is 0 Å². The molecule has 94 valence electrons. The van der Waals surface area contributed by atoms with Crippen molar-refractivity contribution in [3.05, 3.63) is 29.3 Å². The van der Waals surface area contributed by atoms with Crippen molar-refractivity contribution in [3.8, 4) is 0 Å². The molecule has 0 atom stereocenters. The van der Waals surface area contributed by atoms with E-state index >= 15 is 0 Å². The molecule has 0 spiro atoms. The maximum atomic E-state index is 5.98. The van der Waals surface area contributed by atoms with Gasteiger partial charge in [0.05, 0.1) is 0 Å². The van der Waals surface area contributed by atoms with Gasteiger partial charge in [0.2, 0.25) is 0 Å². The Bertz CT molecular complexity index is 357. The summed E-state index contributed by atoms with van der Waals surface area (Å²) in [7, 11) is 0. The van der Waals surface area contributed by atoms with Crippen molar-refractivity contribution in [1.29, 1.82) is 0 Å². The highest BCUT2D eigenvalue weighted by Gasteiger charge is 2.20. The van der Waals surface area contributed by atoms with Gasteiger partial charge < -0.3 is 10.2 Å². The number of hydrogen-bond acceptors (Lipinski definition) is 2. The maximum Gasteiger partial charge on any atom is 0.0426 e. The SMILES string of the molecule is CC(C)N1CCC(Nc2cccc(Cl)c2)CC1. The number of nitrogens with one attached hydrogen (secondary N) is 1. The van der Waals surface area contributed by atoms with Crippen molar-refractivity contribution in [2.24, 2.45) is 0 Å². The van der Waals surface area contributed by atoms with Gasteiger partial charge in [-0.15, -0.1) is 0 Å². The Balaban J connectivity index is 1.86. The first-order valence-corrected chi connectivity index (χ1v) is 6.79. The first-order chi connectivity index (χ1) is 8.15. The third kappa shape index (κ3) is 3.62. The van der Waals surface area contributed by atoms with E-state index in [9.17, 15) is 0 Å². The molecule has 1 aliphatic rings. The molecule has 0 radical (unpaired) electrons. The smallest absolute Gasteiger partial charge is 0.0426 e. The summed E-state index contributed by atoms with van der Waals surface area (Å²) >= 11 is 5.98. The van der Waals surface area contributed by atoms with Crippen molar-refractivity contribution >= 4 is 17.3 Å². The molecule has 1 aromatic rings. The molecule has 1 saturated heterocycles. The molecule has 3 heteroatoms. The van der Waals surface area contributed by atoms with Gasteiger partial charge in [0.1, 0.15) is 0 Å². The predicted molar refractivity (Wildman–Crippen MR) is 74.8 cm³/mol. The predicted octanol–water partition coefficient (Wildman–Crippen LogP) is 3.62. The lowest BCUT2D eigenvalue weighted by atomic mass is 10.0. The Morgan fingerprint density at radius 1 is 1.29 bits per heavy atom. The second-order valence-electron chi connectivity index (χ2n) is 5.06. The molecule has 0 bridgehead atoms. The Kier molecular flexibility index (Phi) is 4.30. The van der Waals surface area contributed by atoms with E-state index in [1.54, 1.807) is 0 Å². The van der Waals surface area contributed by atoms with Crippen molar-refractivity contribution in [2.45, 2.75) is 38.8 Å². The van der Waals surface area contributed by atoms with Crippen molar-refractivity contribution in [1.82, 2.24) is 4.90 Å². The molecule has 1 aliphatic heterocycles. The lowest BCUT2D eigenvalue weighted by Gasteiger charge is -2.35. The van der Waals surface area contributed by atoms with Crippen LogP contribution in [-0.2, 0) is 0 Å². The fourth-order valence-corrected chi connectivity index (χ4v) is 2.56. The molecule has 17 heavy (non-hydrogen) atoms. The average molecular weight is 253 g/mol. The fraction of sp³-hybridized carbons (Fsp3) is 0.571. The summed E-state index contributed by atoms with van der Waals surface area (Å²) in [6.45, 7) is 6.92. The molecule has 1 heterocycles. The minimum atomic E-state index is 0.587. The number of benzene rings is 1. The lowest BCUT2D eigenvalue weighted by Crippen LogP contribution is -2.42. The van der Waals surface area contributed by atoms with Gasteiger partial charge in [-0.3, -0.25) is 0 Å². The molecule has 0 aromatic heterocycles. The molecule has 1 N–H and O–H groups in total. The normalized spacial score (nSPS) is 18.6. The Morgan fingerprint density at radius 2 is 2.00 bits per heavy atom. The first kappa shape index (κ1) is 12.7. The minimum Gasteiger partial charge on any atom is -0.382 e. The van der Waals surface area contributed by atoms with Crippen LogP contribution in [0.15, 0.2) is 24.3 Å². The van der Waals surface area contributed by atoms with Crippen molar-refractivity contribution < 1.29 is 0 Å². The molecule has 1 aromatic carbocycles. The van der Waals surface area contributed by atoms with Gasteiger partial charge in [-0.2, -0.15) is 0 Å². The number of rotatable bonds is 3. The highest BCUT2D eigenvalue weighted by atomic mass is 35.5. The topological polar surface area (TPSA) is 15.3 Å². The van der Waals surface area contributed by atoms with E-state index in [2.05, 4.69) is 30.1 Å². The van der Waals surface area contributed by atoms with E-state index < -0.39 is 0 Å². The summed E-state index contributed by atoms with van der Waals surface area (Å²) in [4.78, 5) is 2.54. The quantitative estimate of drug-likeness (QED) is 0.884. The van der Waals surface area contributed by atoms with E-state index in [-0.39, 0.29) is 0 Å². The van der Waals surface area contributed by atoms with E-state index in [0.717, 1.165) is 10.7 Å². The molecule has 2 rings (SSSR count). The summed E-state index contributed by atoms with van der Waals surface area (Å²) in [6, 6.07) is 9.24. The van der Waals surface area contributed by atoms with Gasteiger partial charge in [0, 0.05) is 35.9 Å². The maximum absolute atomic E-state index is 5.98. The molecule has 0 saturated carbocycles. The third-order valence-corrected chi connectivity index (χ3v) is 3.69. The average Bonchev–Trinajstić information content (AvgIpc) is 2.29. The van der Waals surface area contributed by atoms with Crippen LogP contribution in [0.2, 0.25) is 5.02 Å². The van der Waals surface area contributed by atoms with Gasteiger partial charge in [0.15, 0.2) is 0 Å². The van der Waals surface area contributed by atoms with Crippen LogP contribution >= 0.6 is 11.6 Å². The summed E-state index contributed by atoms with van der Waals surface area (Å²) in [5.41, 5.74) is 1.14. The van der Waals surface area contributed by atoms with Crippen LogP contribution in [-0.4, -0.2) is 30.1 Å².